The molecule has 4 rings (SSSR count). The zero-order chi connectivity index (χ0) is 19.7. The van der Waals surface area contributed by atoms with Crippen molar-refractivity contribution in [3.8, 4) is 5.82 Å². The quantitative estimate of drug-likeness (QED) is 0.678. The number of piperazine rings is 1. The van der Waals surface area contributed by atoms with E-state index < -0.39 is 5.82 Å². The molecule has 6 nitrogen and oxygen atoms in total. The van der Waals surface area contributed by atoms with E-state index >= 15 is 0 Å². The minimum absolute atomic E-state index is 0.0645. The van der Waals surface area contributed by atoms with Crippen LogP contribution in [0.25, 0.3) is 5.82 Å². The Balaban J connectivity index is 1.50. The van der Waals surface area contributed by atoms with Gasteiger partial charge in [0.2, 0.25) is 0 Å². The lowest BCUT2D eigenvalue weighted by molar-refractivity contribution is 0.0742. The predicted octanol–water partition coefficient (Wildman–Crippen LogP) is 3.33. The highest BCUT2D eigenvalue weighted by atomic mass is 35.5. The fourth-order valence-electron chi connectivity index (χ4n) is 3.32. The van der Waals surface area contributed by atoms with Crippen molar-refractivity contribution >= 4 is 23.3 Å². The molecule has 1 aromatic carbocycles. The zero-order valence-corrected chi connectivity index (χ0v) is 16.1. The maximum atomic E-state index is 14.1. The molecule has 3 heterocycles. The molecular formula is C20H19ClFN5O. The van der Waals surface area contributed by atoms with Gasteiger partial charge >= 0.3 is 0 Å². The van der Waals surface area contributed by atoms with Crippen molar-refractivity contribution in [2.75, 3.05) is 31.1 Å². The highest BCUT2D eigenvalue weighted by Gasteiger charge is 2.26. The molecular weight excluding hydrogens is 381 g/mol. The smallest absolute Gasteiger partial charge is 0.258 e. The van der Waals surface area contributed by atoms with Crippen LogP contribution in [0.2, 0.25) is 5.02 Å². The van der Waals surface area contributed by atoms with Crippen LogP contribution in [0.5, 0.6) is 0 Å². The van der Waals surface area contributed by atoms with Crippen molar-refractivity contribution in [3.05, 3.63) is 71.0 Å². The van der Waals surface area contributed by atoms with Gasteiger partial charge in [-0.15, -0.1) is 0 Å². The van der Waals surface area contributed by atoms with Crippen molar-refractivity contribution in [2.24, 2.45) is 0 Å². The van der Waals surface area contributed by atoms with Gasteiger partial charge in [-0.2, -0.15) is 0 Å². The molecule has 0 atom stereocenters. The summed E-state index contributed by atoms with van der Waals surface area (Å²) in [6.07, 6.45) is 3.86. The summed E-state index contributed by atoms with van der Waals surface area (Å²) in [4.78, 5) is 25.5. The number of hydrogen-bond acceptors (Lipinski definition) is 4. The van der Waals surface area contributed by atoms with Gasteiger partial charge in [-0.05, 0) is 31.2 Å². The maximum Gasteiger partial charge on any atom is 0.258 e. The fourth-order valence-corrected chi connectivity index (χ4v) is 3.56. The summed E-state index contributed by atoms with van der Waals surface area (Å²) >= 11 is 6.03. The fraction of sp³-hybridized carbons (Fsp3) is 0.250. The number of carbonyl (C=O) groups is 1. The summed E-state index contributed by atoms with van der Waals surface area (Å²) in [5, 5.41) is 0.134. The first-order chi connectivity index (χ1) is 13.5. The van der Waals surface area contributed by atoms with E-state index in [0.717, 1.165) is 11.6 Å². The Morgan fingerprint density at radius 3 is 2.39 bits per heavy atom. The number of benzene rings is 1. The highest BCUT2D eigenvalue weighted by Crippen LogP contribution is 2.23. The standard InChI is InChI=1S/C20H19ClFN5O/c1-14-23-17(25-7-2-3-8-25)13-18(24-14)26-9-11-27(12-10-26)20(28)19-15(21)5-4-6-16(19)22/h2-8,13H,9-12H2,1H3. The molecule has 1 aliphatic rings. The van der Waals surface area contributed by atoms with Gasteiger partial charge in [-0.25, -0.2) is 14.4 Å². The topological polar surface area (TPSA) is 54.3 Å². The van der Waals surface area contributed by atoms with Crippen LogP contribution in [0.3, 0.4) is 0 Å². The predicted molar refractivity (Wildman–Crippen MR) is 106 cm³/mol. The molecule has 0 radical (unpaired) electrons. The van der Waals surface area contributed by atoms with Crippen LogP contribution in [0.4, 0.5) is 10.2 Å². The molecule has 28 heavy (non-hydrogen) atoms. The molecule has 2 aromatic heterocycles. The van der Waals surface area contributed by atoms with Crippen LogP contribution < -0.4 is 4.90 Å². The summed E-state index contributed by atoms with van der Waals surface area (Å²) in [6, 6.07) is 10.1. The molecule has 3 aromatic rings. The highest BCUT2D eigenvalue weighted by molar-refractivity contribution is 6.33. The van der Waals surface area contributed by atoms with E-state index in [0.29, 0.717) is 32.0 Å². The van der Waals surface area contributed by atoms with Gasteiger partial charge in [0.1, 0.15) is 23.3 Å². The van der Waals surface area contributed by atoms with Gasteiger partial charge in [0.25, 0.3) is 5.91 Å². The van der Waals surface area contributed by atoms with E-state index in [1.54, 1.807) is 4.90 Å². The number of nitrogens with zero attached hydrogens (tertiary/aromatic N) is 5. The number of aryl methyl sites for hydroxylation is 1. The number of carbonyl (C=O) groups excluding carboxylic acids is 1. The Bertz CT molecular complexity index is 980. The lowest BCUT2D eigenvalue weighted by atomic mass is 10.1. The van der Waals surface area contributed by atoms with Gasteiger partial charge in [0.15, 0.2) is 0 Å². The minimum Gasteiger partial charge on any atom is -0.353 e. The Morgan fingerprint density at radius 2 is 1.71 bits per heavy atom. The summed E-state index contributed by atoms with van der Waals surface area (Å²) in [5.41, 5.74) is -0.0645. The van der Waals surface area contributed by atoms with Crippen LogP contribution in [0, 0.1) is 12.7 Å². The molecule has 1 fully saturated rings. The number of hydrogen-bond donors (Lipinski definition) is 0. The maximum absolute atomic E-state index is 14.1. The second-order valence-corrected chi connectivity index (χ2v) is 7.00. The van der Waals surface area contributed by atoms with E-state index in [9.17, 15) is 9.18 Å². The third kappa shape index (κ3) is 3.57. The second kappa shape index (κ2) is 7.59. The molecule has 1 aliphatic heterocycles. The molecule has 0 aliphatic carbocycles. The van der Waals surface area contributed by atoms with Gasteiger partial charge < -0.3 is 14.4 Å². The number of amides is 1. The van der Waals surface area contributed by atoms with E-state index in [-0.39, 0.29) is 16.5 Å². The average Bonchev–Trinajstić information content (AvgIpc) is 3.22. The molecule has 1 amide bonds. The van der Waals surface area contributed by atoms with Crippen LogP contribution in [-0.2, 0) is 0 Å². The van der Waals surface area contributed by atoms with E-state index in [4.69, 9.17) is 11.6 Å². The van der Waals surface area contributed by atoms with Gasteiger partial charge in [-0.1, -0.05) is 17.7 Å². The molecule has 0 saturated carbocycles. The number of aromatic nitrogens is 3. The normalized spacial score (nSPS) is 14.4. The Labute approximate surface area is 167 Å². The third-order valence-electron chi connectivity index (χ3n) is 4.75. The van der Waals surface area contributed by atoms with Crippen LogP contribution in [0.1, 0.15) is 16.2 Å². The average molecular weight is 400 g/mol. The summed E-state index contributed by atoms with van der Waals surface area (Å²) in [6.45, 7) is 3.98. The van der Waals surface area contributed by atoms with Crippen LogP contribution in [-0.4, -0.2) is 51.5 Å². The molecule has 0 N–H and O–H groups in total. The molecule has 8 heteroatoms. The lowest BCUT2D eigenvalue weighted by Gasteiger charge is -2.35. The van der Waals surface area contributed by atoms with E-state index in [1.165, 1.54) is 18.2 Å². The van der Waals surface area contributed by atoms with Crippen LogP contribution >= 0.6 is 11.6 Å². The Hall–Kier alpha value is -2.93. The first-order valence-electron chi connectivity index (χ1n) is 9.00. The summed E-state index contributed by atoms with van der Waals surface area (Å²) in [5.74, 6) is 1.31. The van der Waals surface area contributed by atoms with E-state index in [2.05, 4.69) is 14.9 Å². The molecule has 144 valence electrons. The third-order valence-corrected chi connectivity index (χ3v) is 5.06. The number of halogens is 2. The second-order valence-electron chi connectivity index (χ2n) is 6.60. The van der Waals surface area contributed by atoms with Gasteiger partial charge in [-0.3, -0.25) is 4.79 Å². The number of anilines is 1. The Morgan fingerprint density at radius 1 is 1.04 bits per heavy atom. The van der Waals surface area contributed by atoms with Crippen molar-refractivity contribution in [1.82, 2.24) is 19.4 Å². The van der Waals surface area contributed by atoms with Gasteiger partial charge in [0, 0.05) is 44.6 Å². The SMILES string of the molecule is Cc1nc(N2CCN(C(=O)c3c(F)cccc3Cl)CC2)cc(-n2cccc2)n1. The first-order valence-corrected chi connectivity index (χ1v) is 9.38. The summed E-state index contributed by atoms with van der Waals surface area (Å²) in [7, 11) is 0. The minimum atomic E-state index is -0.595. The molecule has 0 spiro atoms. The van der Waals surface area contributed by atoms with Crippen molar-refractivity contribution < 1.29 is 9.18 Å². The van der Waals surface area contributed by atoms with Crippen molar-refractivity contribution in [3.63, 3.8) is 0 Å². The molecule has 0 unspecified atom stereocenters. The molecule has 0 bridgehead atoms. The zero-order valence-electron chi connectivity index (χ0n) is 15.3. The molecule has 1 saturated heterocycles. The van der Waals surface area contributed by atoms with Crippen molar-refractivity contribution in [1.29, 1.82) is 0 Å². The summed E-state index contributed by atoms with van der Waals surface area (Å²) < 4.78 is 16.0. The lowest BCUT2D eigenvalue weighted by Crippen LogP contribution is -2.49. The van der Waals surface area contributed by atoms with E-state index in [1.807, 2.05) is 42.1 Å². The largest absolute Gasteiger partial charge is 0.353 e. The monoisotopic (exact) mass is 399 g/mol. The van der Waals surface area contributed by atoms with Crippen LogP contribution in [0.15, 0.2) is 48.8 Å². The Kier molecular flexibility index (Phi) is 5.00. The van der Waals surface area contributed by atoms with Crippen molar-refractivity contribution in [2.45, 2.75) is 6.92 Å². The first kappa shape index (κ1) is 18.4. The number of rotatable bonds is 3. The van der Waals surface area contributed by atoms with Gasteiger partial charge in [0.05, 0.1) is 10.6 Å².